The minimum Gasteiger partial charge on any atom is -0.466 e. The molecule has 0 aromatic carbocycles. The molecule has 8 nitrogen and oxygen atoms in total. The molecular weight excluding hydrogens is 340 g/mol. The molecule has 24 heavy (non-hydrogen) atoms. The largest absolute Gasteiger partial charge is 0.466 e. The van der Waals surface area contributed by atoms with Gasteiger partial charge in [-0.1, -0.05) is 0 Å². The molecule has 0 unspecified atom stereocenters. The molecule has 0 spiro atoms. The van der Waals surface area contributed by atoms with Gasteiger partial charge in [0, 0.05) is 6.08 Å². The van der Waals surface area contributed by atoms with Crippen molar-refractivity contribution < 1.29 is 38.1 Å². The summed E-state index contributed by atoms with van der Waals surface area (Å²) in [5.74, 6) is -3.64. The van der Waals surface area contributed by atoms with Gasteiger partial charge in [-0.3, -0.25) is 9.59 Å². The normalized spacial score (nSPS) is 11.0. The zero-order valence-corrected chi connectivity index (χ0v) is 14.8. The highest BCUT2D eigenvalue weighted by molar-refractivity contribution is 7.83. The van der Waals surface area contributed by atoms with Crippen LogP contribution in [0.2, 0.25) is 0 Å². The smallest absolute Gasteiger partial charge is 0.351 e. The van der Waals surface area contributed by atoms with E-state index >= 15 is 0 Å². The Balaban J connectivity index is 5.68. The summed E-state index contributed by atoms with van der Waals surface area (Å²) in [6.45, 7) is 4.76. The predicted octanol–water partition coefficient (Wildman–Crippen LogP) is 1.18. The van der Waals surface area contributed by atoms with Crippen molar-refractivity contribution in [3.8, 4) is 0 Å². The summed E-state index contributed by atoms with van der Waals surface area (Å²) in [4.78, 5) is 47.8. The van der Waals surface area contributed by atoms with Crippen molar-refractivity contribution in [2.45, 2.75) is 39.2 Å². The molecule has 0 N–H and O–H groups in total. The Bertz CT molecular complexity index is 466. The van der Waals surface area contributed by atoms with Crippen LogP contribution >= 0.6 is 12.6 Å². The van der Waals surface area contributed by atoms with Gasteiger partial charge in [-0.25, -0.2) is 9.59 Å². The van der Waals surface area contributed by atoms with E-state index in [1.807, 2.05) is 0 Å². The zero-order chi connectivity index (χ0) is 18.6. The second-order valence-electron chi connectivity index (χ2n) is 4.42. The minimum absolute atomic E-state index is 0.0355. The van der Waals surface area contributed by atoms with Crippen molar-refractivity contribution in [3.05, 3.63) is 11.5 Å². The van der Waals surface area contributed by atoms with Crippen LogP contribution in [0.1, 0.15) is 33.6 Å². The number of hydrogen-bond acceptors (Lipinski definition) is 9. The topological polar surface area (TPSA) is 105 Å². The van der Waals surface area contributed by atoms with E-state index in [0.29, 0.717) is 0 Å². The summed E-state index contributed by atoms with van der Waals surface area (Å²) < 4.78 is 19.5. The lowest BCUT2D eigenvalue weighted by Gasteiger charge is -2.29. The number of carbonyl (C=O) groups is 4. The summed E-state index contributed by atoms with van der Waals surface area (Å²) in [6.07, 6.45) is -0.428. The zero-order valence-electron chi connectivity index (χ0n) is 13.9. The number of ether oxygens (including phenoxy) is 4. The second kappa shape index (κ2) is 11.5. The van der Waals surface area contributed by atoms with E-state index in [1.54, 1.807) is 13.8 Å². The number of esters is 4. The standard InChI is InChI=1S/C15H22O8S/c1-4-20-12(17)9-15(14(19)22-6-3,10-13(18)21-5-2)23-11(16)7-8-24/h7-8,24H,4-6,9-10H2,1-3H3. The van der Waals surface area contributed by atoms with E-state index in [1.165, 1.54) is 6.92 Å². The Morgan fingerprint density at radius 2 is 1.33 bits per heavy atom. The number of thiol groups is 1. The van der Waals surface area contributed by atoms with Crippen LogP contribution in [-0.4, -0.2) is 49.3 Å². The minimum atomic E-state index is -2.17. The summed E-state index contributed by atoms with van der Waals surface area (Å²) in [5.41, 5.74) is -2.17. The average molecular weight is 362 g/mol. The van der Waals surface area contributed by atoms with Gasteiger partial charge in [-0.2, -0.15) is 12.6 Å². The van der Waals surface area contributed by atoms with Crippen molar-refractivity contribution in [1.29, 1.82) is 0 Å². The van der Waals surface area contributed by atoms with Gasteiger partial charge in [0.15, 0.2) is 0 Å². The predicted molar refractivity (Wildman–Crippen MR) is 86.1 cm³/mol. The Labute approximate surface area is 145 Å². The van der Waals surface area contributed by atoms with E-state index in [0.717, 1.165) is 11.5 Å². The van der Waals surface area contributed by atoms with Crippen molar-refractivity contribution in [2.75, 3.05) is 19.8 Å². The molecule has 0 saturated carbocycles. The quantitative estimate of drug-likeness (QED) is 0.267. The highest BCUT2D eigenvalue weighted by atomic mass is 32.1. The number of hydrogen-bond donors (Lipinski definition) is 1. The molecule has 0 aromatic heterocycles. The van der Waals surface area contributed by atoms with Crippen LogP contribution in [0, 0.1) is 0 Å². The number of carbonyl (C=O) groups excluding carboxylic acids is 4. The fourth-order valence-electron chi connectivity index (χ4n) is 1.76. The van der Waals surface area contributed by atoms with Crippen LogP contribution in [0.3, 0.4) is 0 Å². The van der Waals surface area contributed by atoms with Crippen molar-refractivity contribution in [1.82, 2.24) is 0 Å². The molecule has 0 aliphatic rings. The van der Waals surface area contributed by atoms with Gasteiger partial charge in [0.1, 0.15) is 0 Å². The third kappa shape index (κ3) is 7.49. The molecule has 0 aliphatic carbocycles. The molecule has 0 bridgehead atoms. The first-order chi connectivity index (χ1) is 11.3. The second-order valence-corrected chi connectivity index (χ2v) is 4.71. The van der Waals surface area contributed by atoms with Gasteiger partial charge in [0.25, 0.3) is 0 Å². The fourth-order valence-corrected chi connectivity index (χ4v) is 1.88. The molecule has 0 aromatic rings. The third-order valence-electron chi connectivity index (χ3n) is 2.62. The van der Waals surface area contributed by atoms with E-state index in [4.69, 9.17) is 18.9 Å². The highest BCUT2D eigenvalue weighted by Crippen LogP contribution is 2.25. The van der Waals surface area contributed by atoms with Crippen LogP contribution in [0.15, 0.2) is 11.5 Å². The molecule has 9 heteroatoms. The van der Waals surface area contributed by atoms with Crippen LogP contribution in [0.5, 0.6) is 0 Å². The molecule has 136 valence electrons. The molecule has 0 amide bonds. The van der Waals surface area contributed by atoms with E-state index in [-0.39, 0.29) is 19.8 Å². The van der Waals surface area contributed by atoms with Crippen LogP contribution in [0.4, 0.5) is 0 Å². The van der Waals surface area contributed by atoms with Crippen molar-refractivity contribution in [2.24, 2.45) is 0 Å². The fraction of sp³-hybridized carbons (Fsp3) is 0.600. The molecule has 0 fully saturated rings. The molecular formula is C15H22O8S. The maximum Gasteiger partial charge on any atom is 0.351 e. The molecule has 0 atom stereocenters. The van der Waals surface area contributed by atoms with Gasteiger partial charge in [-0.15, -0.1) is 0 Å². The van der Waals surface area contributed by atoms with Crippen molar-refractivity contribution in [3.63, 3.8) is 0 Å². The van der Waals surface area contributed by atoms with Gasteiger partial charge in [-0.05, 0) is 26.2 Å². The van der Waals surface area contributed by atoms with Gasteiger partial charge < -0.3 is 18.9 Å². The maximum atomic E-state index is 12.3. The summed E-state index contributed by atoms with van der Waals surface area (Å²) in [7, 11) is 0. The van der Waals surface area contributed by atoms with Gasteiger partial charge in [0.2, 0.25) is 5.60 Å². The molecule has 0 saturated heterocycles. The summed E-state index contributed by atoms with van der Waals surface area (Å²) in [5, 5.41) is 1.09. The number of rotatable bonds is 10. The Hall–Kier alpha value is -2.03. The summed E-state index contributed by atoms with van der Waals surface area (Å²) >= 11 is 3.73. The molecule has 0 rings (SSSR count). The van der Waals surface area contributed by atoms with Gasteiger partial charge in [0.05, 0.1) is 32.7 Å². The van der Waals surface area contributed by atoms with Crippen molar-refractivity contribution >= 4 is 36.5 Å². The molecule has 0 radical (unpaired) electrons. The lowest BCUT2D eigenvalue weighted by atomic mass is 9.95. The van der Waals surface area contributed by atoms with Crippen LogP contribution in [-0.2, 0) is 38.1 Å². The first kappa shape index (κ1) is 22.0. The Morgan fingerprint density at radius 3 is 1.71 bits per heavy atom. The van der Waals surface area contributed by atoms with Crippen LogP contribution < -0.4 is 0 Å². The summed E-state index contributed by atoms with van der Waals surface area (Å²) in [6, 6.07) is 0. The first-order valence-electron chi connectivity index (χ1n) is 7.37. The van der Waals surface area contributed by atoms with Gasteiger partial charge >= 0.3 is 23.9 Å². The van der Waals surface area contributed by atoms with E-state index in [9.17, 15) is 19.2 Å². The van der Waals surface area contributed by atoms with Crippen LogP contribution in [0.25, 0.3) is 0 Å². The highest BCUT2D eigenvalue weighted by Gasteiger charge is 2.48. The third-order valence-corrected chi connectivity index (χ3v) is 2.77. The Morgan fingerprint density at radius 1 is 0.875 bits per heavy atom. The maximum absolute atomic E-state index is 12.3. The van der Waals surface area contributed by atoms with E-state index in [2.05, 4.69) is 12.6 Å². The first-order valence-corrected chi connectivity index (χ1v) is 7.89. The monoisotopic (exact) mass is 362 g/mol. The Kier molecular flexibility index (Phi) is 10.5. The SMILES string of the molecule is CCOC(=O)CC(CC(=O)OCC)(OC(=O)C=CS)C(=O)OCC. The average Bonchev–Trinajstić information content (AvgIpc) is 2.47. The van der Waals surface area contributed by atoms with E-state index < -0.39 is 42.3 Å². The lowest BCUT2D eigenvalue weighted by molar-refractivity contribution is -0.188. The molecule has 0 heterocycles. The lowest BCUT2D eigenvalue weighted by Crippen LogP contribution is -2.48. The molecule has 0 aliphatic heterocycles.